The molecule has 1 atom stereocenters. The number of nitrogens with one attached hydrogen (secondary N) is 1. The Morgan fingerprint density at radius 2 is 1.60 bits per heavy atom. The Labute approximate surface area is 252 Å². The highest BCUT2D eigenvalue weighted by molar-refractivity contribution is 7.92. The molecule has 2 amide bonds. The standard InChI is InChI=1S/C32H38FN3O6S/c1-5-27(31(38)34-32(2,3)4)35(18-17-23-9-7-6-8-10-23)30(37)22-36(25-13-11-24(33)12-14-25)43(39,40)26-15-16-28-29(21-26)42-20-19-41-28/h6-16,21,27H,5,17-20,22H2,1-4H3,(H,34,38)/t27-/m0/s1. The van der Waals surface area contributed by atoms with Crippen LogP contribution in [0.3, 0.4) is 0 Å². The van der Waals surface area contributed by atoms with Gasteiger partial charge in [0.15, 0.2) is 11.5 Å². The Balaban J connectivity index is 1.71. The van der Waals surface area contributed by atoms with Gasteiger partial charge in [-0.3, -0.25) is 13.9 Å². The van der Waals surface area contributed by atoms with Gasteiger partial charge in [0.05, 0.1) is 10.6 Å². The van der Waals surface area contributed by atoms with Crippen molar-refractivity contribution < 1.29 is 31.9 Å². The third kappa shape index (κ3) is 8.04. The Kier molecular flexibility index (Phi) is 9.95. The van der Waals surface area contributed by atoms with E-state index in [-0.39, 0.29) is 35.4 Å². The van der Waals surface area contributed by atoms with Crippen molar-refractivity contribution >= 4 is 27.5 Å². The van der Waals surface area contributed by atoms with Crippen molar-refractivity contribution in [2.75, 3.05) is 30.6 Å². The number of carbonyl (C=O) groups is 2. The van der Waals surface area contributed by atoms with E-state index in [1.807, 2.05) is 51.1 Å². The van der Waals surface area contributed by atoms with Crippen LogP contribution in [0.15, 0.2) is 77.7 Å². The van der Waals surface area contributed by atoms with E-state index in [0.717, 1.165) is 22.0 Å². The first-order valence-electron chi connectivity index (χ1n) is 14.2. The largest absolute Gasteiger partial charge is 0.486 e. The number of fused-ring (bicyclic) bond motifs is 1. The summed E-state index contributed by atoms with van der Waals surface area (Å²) in [7, 11) is -4.35. The summed E-state index contributed by atoms with van der Waals surface area (Å²) in [6, 6.07) is 17.8. The molecule has 3 aromatic carbocycles. The lowest BCUT2D eigenvalue weighted by Crippen LogP contribution is -2.56. The van der Waals surface area contributed by atoms with Crippen LogP contribution < -0.4 is 19.1 Å². The van der Waals surface area contributed by atoms with E-state index in [2.05, 4.69) is 5.32 Å². The van der Waals surface area contributed by atoms with Crippen LogP contribution >= 0.6 is 0 Å². The number of sulfonamides is 1. The number of amides is 2. The van der Waals surface area contributed by atoms with Crippen LogP contribution in [0.25, 0.3) is 0 Å². The second kappa shape index (κ2) is 13.5. The Morgan fingerprint density at radius 1 is 0.953 bits per heavy atom. The van der Waals surface area contributed by atoms with Crippen molar-refractivity contribution in [1.82, 2.24) is 10.2 Å². The molecule has 0 unspecified atom stereocenters. The van der Waals surface area contributed by atoms with Crippen LogP contribution in [-0.4, -0.2) is 63.0 Å². The zero-order valence-corrected chi connectivity index (χ0v) is 25.7. The quantitative estimate of drug-likeness (QED) is 0.341. The zero-order valence-electron chi connectivity index (χ0n) is 24.9. The lowest BCUT2D eigenvalue weighted by atomic mass is 10.1. The summed E-state index contributed by atoms with van der Waals surface area (Å²) < 4.78 is 54.1. The average molecular weight is 612 g/mol. The minimum Gasteiger partial charge on any atom is -0.486 e. The van der Waals surface area contributed by atoms with E-state index in [1.165, 1.54) is 35.2 Å². The van der Waals surface area contributed by atoms with Crippen LogP contribution in [0, 0.1) is 5.82 Å². The number of hydrogen-bond donors (Lipinski definition) is 1. The highest BCUT2D eigenvalue weighted by Gasteiger charge is 2.35. The van der Waals surface area contributed by atoms with Gasteiger partial charge in [0, 0.05) is 18.2 Å². The van der Waals surface area contributed by atoms with Crippen molar-refractivity contribution in [3.05, 3.63) is 84.2 Å². The fourth-order valence-corrected chi connectivity index (χ4v) is 6.23. The van der Waals surface area contributed by atoms with Crippen molar-refractivity contribution in [1.29, 1.82) is 0 Å². The van der Waals surface area contributed by atoms with E-state index in [0.29, 0.717) is 25.2 Å². The number of halogens is 1. The average Bonchev–Trinajstić information content (AvgIpc) is 2.97. The molecule has 3 aromatic rings. The van der Waals surface area contributed by atoms with E-state index >= 15 is 0 Å². The molecule has 0 bridgehead atoms. The second-order valence-corrected chi connectivity index (χ2v) is 13.1. The predicted molar refractivity (Wildman–Crippen MR) is 162 cm³/mol. The molecule has 0 radical (unpaired) electrons. The maximum atomic E-state index is 14.1. The van der Waals surface area contributed by atoms with Crippen molar-refractivity contribution in [3.63, 3.8) is 0 Å². The van der Waals surface area contributed by atoms with E-state index < -0.39 is 39.9 Å². The smallest absolute Gasteiger partial charge is 0.264 e. The summed E-state index contributed by atoms with van der Waals surface area (Å²) in [5.41, 5.74) is 0.519. The number of anilines is 1. The Morgan fingerprint density at radius 3 is 2.23 bits per heavy atom. The summed E-state index contributed by atoms with van der Waals surface area (Å²) >= 11 is 0. The van der Waals surface area contributed by atoms with Crippen LogP contribution in [0.2, 0.25) is 0 Å². The molecule has 1 aliphatic rings. The third-order valence-electron chi connectivity index (χ3n) is 6.86. The minimum absolute atomic E-state index is 0.0971. The first kappa shape index (κ1) is 31.8. The molecule has 11 heteroatoms. The monoisotopic (exact) mass is 611 g/mol. The topological polar surface area (TPSA) is 105 Å². The van der Waals surface area contributed by atoms with E-state index in [1.54, 1.807) is 6.92 Å². The van der Waals surface area contributed by atoms with Crippen molar-refractivity contribution in [2.45, 2.75) is 57.0 Å². The van der Waals surface area contributed by atoms with Gasteiger partial charge < -0.3 is 19.7 Å². The zero-order chi connectivity index (χ0) is 31.2. The fourth-order valence-electron chi connectivity index (χ4n) is 4.80. The van der Waals surface area contributed by atoms with Gasteiger partial charge in [-0.15, -0.1) is 0 Å². The van der Waals surface area contributed by atoms with Gasteiger partial charge in [0.2, 0.25) is 11.8 Å². The van der Waals surface area contributed by atoms with Gasteiger partial charge in [-0.05, 0) is 75.6 Å². The lowest BCUT2D eigenvalue weighted by molar-refractivity contribution is -0.140. The second-order valence-electron chi connectivity index (χ2n) is 11.3. The van der Waals surface area contributed by atoms with Gasteiger partial charge in [-0.1, -0.05) is 37.3 Å². The van der Waals surface area contributed by atoms with Gasteiger partial charge in [0.25, 0.3) is 10.0 Å². The predicted octanol–water partition coefficient (Wildman–Crippen LogP) is 4.56. The fraction of sp³-hybridized carbons (Fsp3) is 0.375. The van der Waals surface area contributed by atoms with Gasteiger partial charge >= 0.3 is 0 Å². The summed E-state index contributed by atoms with van der Waals surface area (Å²) in [6.45, 7) is 7.53. The molecule has 0 spiro atoms. The first-order valence-corrected chi connectivity index (χ1v) is 15.7. The third-order valence-corrected chi connectivity index (χ3v) is 8.63. The van der Waals surface area contributed by atoms with Crippen molar-refractivity contribution in [3.8, 4) is 11.5 Å². The molecule has 230 valence electrons. The number of benzene rings is 3. The highest BCUT2D eigenvalue weighted by Crippen LogP contribution is 2.34. The van der Waals surface area contributed by atoms with Gasteiger partial charge in [-0.25, -0.2) is 12.8 Å². The molecule has 9 nitrogen and oxygen atoms in total. The normalized spacial score (nSPS) is 13.6. The maximum absolute atomic E-state index is 14.1. The minimum atomic E-state index is -4.35. The highest BCUT2D eigenvalue weighted by atomic mass is 32.2. The number of carbonyl (C=O) groups excluding carboxylic acids is 2. The number of rotatable bonds is 11. The summed E-state index contributed by atoms with van der Waals surface area (Å²) in [6.07, 6.45) is 0.769. The molecule has 0 saturated heterocycles. The van der Waals surface area contributed by atoms with Crippen molar-refractivity contribution in [2.24, 2.45) is 0 Å². The molecule has 4 rings (SSSR count). The molecular formula is C32H38FN3O6S. The number of hydrogen-bond acceptors (Lipinski definition) is 6. The summed E-state index contributed by atoms with van der Waals surface area (Å²) in [4.78, 5) is 28.8. The molecule has 1 N–H and O–H groups in total. The summed E-state index contributed by atoms with van der Waals surface area (Å²) in [5, 5.41) is 2.95. The summed E-state index contributed by atoms with van der Waals surface area (Å²) in [5.74, 6) is -0.776. The molecular weight excluding hydrogens is 573 g/mol. The SMILES string of the molecule is CC[C@@H](C(=O)NC(C)(C)C)N(CCc1ccccc1)C(=O)CN(c1ccc(F)cc1)S(=O)(=O)c1ccc2c(c1)OCCO2. The molecule has 43 heavy (non-hydrogen) atoms. The first-order chi connectivity index (χ1) is 20.4. The molecule has 0 aliphatic carbocycles. The Hall–Kier alpha value is -4.12. The Bertz CT molecular complexity index is 1520. The van der Waals surface area contributed by atoms with Gasteiger partial charge in [0.1, 0.15) is 31.6 Å². The van der Waals surface area contributed by atoms with E-state index in [4.69, 9.17) is 9.47 Å². The lowest BCUT2D eigenvalue weighted by Gasteiger charge is -2.34. The number of ether oxygens (including phenoxy) is 2. The molecule has 0 aromatic heterocycles. The molecule has 1 heterocycles. The molecule has 0 fully saturated rings. The molecule has 1 aliphatic heterocycles. The maximum Gasteiger partial charge on any atom is 0.264 e. The van der Waals surface area contributed by atoms with Crippen LogP contribution in [0.5, 0.6) is 11.5 Å². The van der Waals surface area contributed by atoms with Crippen LogP contribution in [-0.2, 0) is 26.0 Å². The number of nitrogens with zero attached hydrogens (tertiary/aromatic N) is 2. The van der Waals surface area contributed by atoms with Crippen LogP contribution in [0.4, 0.5) is 10.1 Å². The van der Waals surface area contributed by atoms with Crippen LogP contribution in [0.1, 0.15) is 39.7 Å². The van der Waals surface area contributed by atoms with E-state index in [9.17, 15) is 22.4 Å². The van der Waals surface area contributed by atoms with Gasteiger partial charge in [-0.2, -0.15) is 0 Å². The molecule has 0 saturated carbocycles.